The maximum Gasteiger partial charge on any atom is 0.458 e. The van der Waals surface area contributed by atoms with Crippen molar-refractivity contribution >= 4 is 23.3 Å². The van der Waals surface area contributed by atoms with Gasteiger partial charge in [-0.2, -0.15) is 22.0 Å². The molecular weight excluding hydrogens is 482 g/mol. The molecule has 3 aromatic rings. The summed E-state index contributed by atoms with van der Waals surface area (Å²) < 4.78 is 84.2. The fraction of sp³-hybridized carbons (Fsp3) is 0.136. The predicted molar refractivity (Wildman–Crippen MR) is 113 cm³/mol. The van der Waals surface area contributed by atoms with Crippen LogP contribution in [-0.2, 0) is 5.92 Å². The number of carbonyl (C=O) groups is 2. The summed E-state index contributed by atoms with van der Waals surface area (Å²) in [6, 6.07) is 8.38. The fourth-order valence-corrected chi connectivity index (χ4v) is 2.73. The maximum absolute atomic E-state index is 13.9. The number of anilines is 2. The number of halogens is 6. The molecule has 1 heterocycles. The number of nitrogens with one attached hydrogen (secondary N) is 3. The highest BCUT2D eigenvalue weighted by molar-refractivity contribution is 5.99. The van der Waals surface area contributed by atoms with Crippen molar-refractivity contribution in [1.29, 1.82) is 0 Å². The Morgan fingerprint density at radius 1 is 0.886 bits per heavy atom. The van der Waals surface area contributed by atoms with Gasteiger partial charge in [-0.15, -0.1) is 0 Å². The van der Waals surface area contributed by atoms with Gasteiger partial charge in [-0.3, -0.25) is 9.78 Å². The summed E-state index contributed by atoms with van der Waals surface area (Å²) in [4.78, 5) is 27.7. The predicted octanol–water partition coefficient (Wildman–Crippen LogP) is 5.67. The van der Waals surface area contributed by atoms with E-state index in [1.54, 1.807) is 0 Å². The lowest BCUT2D eigenvalue weighted by atomic mass is 10.1. The molecule has 3 rings (SSSR count). The average Bonchev–Trinajstić information content (AvgIpc) is 2.80. The third-order valence-electron chi connectivity index (χ3n) is 4.47. The normalized spacial score (nSPS) is 11.5. The van der Waals surface area contributed by atoms with Crippen LogP contribution in [0.15, 0.2) is 60.8 Å². The van der Waals surface area contributed by atoms with Crippen molar-refractivity contribution in [3.8, 4) is 11.5 Å². The summed E-state index contributed by atoms with van der Waals surface area (Å²) in [7, 11) is 1.45. The van der Waals surface area contributed by atoms with Crippen molar-refractivity contribution in [2.75, 3.05) is 17.7 Å². The van der Waals surface area contributed by atoms with Crippen molar-refractivity contribution in [2.24, 2.45) is 0 Å². The van der Waals surface area contributed by atoms with E-state index in [1.807, 2.05) is 5.32 Å². The summed E-state index contributed by atoms with van der Waals surface area (Å²) in [5.74, 6) is -6.23. The van der Waals surface area contributed by atoms with Gasteiger partial charge in [-0.1, -0.05) is 0 Å². The van der Waals surface area contributed by atoms with E-state index >= 15 is 0 Å². The molecule has 0 radical (unpaired) electrons. The number of amides is 3. The zero-order chi connectivity index (χ0) is 25.8. The lowest BCUT2D eigenvalue weighted by Gasteiger charge is -2.20. The number of benzene rings is 2. The van der Waals surface area contributed by atoms with E-state index in [0.717, 1.165) is 0 Å². The first-order valence-corrected chi connectivity index (χ1v) is 9.69. The van der Waals surface area contributed by atoms with Crippen LogP contribution < -0.4 is 20.7 Å². The van der Waals surface area contributed by atoms with Crippen LogP contribution in [0.25, 0.3) is 0 Å². The average molecular weight is 498 g/mol. The molecule has 0 aliphatic rings. The molecule has 0 aliphatic carbocycles. The first-order valence-electron chi connectivity index (χ1n) is 9.69. The highest BCUT2D eigenvalue weighted by Gasteiger charge is 2.58. The first kappa shape index (κ1) is 25.3. The number of rotatable bonds is 6. The van der Waals surface area contributed by atoms with Gasteiger partial charge in [0, 0.05) is 30.6 Å². The van der Waals surface area contributed by atoms with E-state index in [2.05, 4.69) is 15.6 Å². The number of pyridine rings is 1. The Hall–Kier alpha value is -4.29. The minimum atomic E-state index is -5.89. The molecule has 1 aromatic heterocycles. The Labute approximate surface area is 194 Å². The lowest BCUT2D eigenvalue weighted by Crippen LogP contribution is -2.33. The third kappa shape index (κ3) is 5.99. The summed E-state index contributed by atoms with van der Waals surface area (Å²) in [6.45, 7) is 0. The molecule has 7 nitrogen and oxygen atoms in total. The van der Waals surface area contributed by atoms with Crippen LogP contribution in [0.2, 0.25) is 0 Å². The van der Waals surface area contributed by atoms with Gasteiger partial charge in [-0.25, -0.2) is 9.18 Å². The highest BCUT2D eigenvalue weighted by atomic mass is 19.4. The largest absolute Gasteiger partial charge is 0.458 e. The Balaban J connectivity index is 1.67. The fourth-order valence-electron chi connectivity index (χ4n) is 2.73. The monoisotopic (exact) mass is 498 g/mol. The van der Waals surface area contributed by atoms with Crippen LogP contribution in [0.5, 0.6) is 11.5 Å². The molecular formula is C22H16F6N4O3. The minimum absolute atomic E-state index is 0.129. The molecule has 0 fully saturated rings. The molecule has 0 spiro atoms. The Morgan fingerprint density at radius 2 is 1.57 bits per heavy atom. The molecule has 0 aliphatic heterocycles. The van der Waals surface area contributed by atoms with Crippen molar-refractivity contribution in [3.63, 3.8) is 0 Å². The minimum Gasteiger partial charge on any atom is -0.457 e. The van der Waals surface area contributed by atoms with Crippen molar-refractivity contribution in [3.05, 3.63) is 77.9 Å². The number of nitrogens with zero attached hydrogens (tertiary/aromatic N) is 1. The van der Waals surface area contributed by atoms with Gasteiger partial charge in [0.05, 0.1) is 5.69 Å². The lowest BCUT2D eigenvalue weighted by molar-refractivity contribution is -0.289. The van der Waals surface area contributed by atoms with Gasteiger partial charge < -0.3 is 20.7 Å². The second-order valence-corrected chi connectivity index (χ2v) is 6.93. The quantitative estimate of drug-likeness (QED) is 0.382. The maximum atomic E-state index is 13.9. The molecule has 3 amide bonds. The highest BCUT2D eigenvalue weighted by Crippen LogP contribution is 2.44. The standard InChI is InChI=1S/C22H16F6N4O3/c1-29-19(33)18-11-15(8-9-30-18)35-14-5-3-13(4-6-14)31-20(34)32-17-10-12(2-7-16(17)23)21(24,25)22(26,27)28/h2-11H,1H3,(H,29,33)(H2,31,32,34). The molecule has 0 saturated heterocycles. The SMILES string of the molecule is CNC(=O)c1cc(Oc2ccc(NC(=O)Nc3cc(C(F)(F)C(F)(F)F)ccc3F)cc2)ccn1. The van der Waals surface area contributed by atoms with Crippen molar-refractivity contribution in [2.45, 2.75) is 12.1 Å². The number of hydrogen-bond acceptors (Lipinski definition) is 4. The zero-order valence-electron chi connectivity index (χ0n) is 17.7. The van der Waals surface area contributed by atoms with Crippen molar-refractivity contribution in [1.82, 2.24) is 10.3 Å². The van der Waals surface area contributed by atoms with Crippen LogP contribution >= 0.6 is 0 Å². The molecule has 2 aromatic carbocycles. The Kier molecular flexibility index (Phi) is 7.17. The van der Waals surface area contributed by atoms with Gasteiger partial charge in [-0.05, 0) is 48.5 Å². The van der Waals surface area contributed by atoms with Crippen LogP contribution in [0.3, 0.4) is 0 Å². The molecule has 3 N–H and O–H groups in total. The van der Waals surface area contributed by atoms with E-state index in [9.17, 15) is 35.9 Å². The van der Waals surface area contributed by atoms with Crippen LogP contribution in [0.4, 0.5) is 42.5 Å². The van der Waals surface area contributed by atoms with E-state index < -0.39 is 41.1 Å². The Bertz CT molecular complexity index is 1230. The van der Waals surface area contributed by atoms with Crippen LogP contribution in [-0.4, -0.2) is 30.1 Å². The molecule has 13 heteroatoms. The molecule has 0 atom stereocenters. The van der Waals surface area contributed by atoms with Crippen molar-refractivity contribution < 1.29 is 40.7 Å². The molecule has 0 unspecified atom stereocenters. The van der Waals surface area contributed by atoms with E-state index in [0.29, 0.717) is 17.6 Å². The molecule has 0 saturated carbocycles. The topological polar surface area (TPSA) is 92.4 Å². The molecule has 184 valence electrons. The summed E-state index contributed by atoms with van der Waals surface area (Å²) >= 11 is 0. The number of alkyl halides is 5. The first-order chi connectivity index (χ1) is 16.4. The summed E-state index contributed by atoms with van der Waals surface area (Å²) in [5, 5.41) is 6.60. The van der Waals surface area contributed by atoms with E-state index in [4.69, 9.17) is 4.74 Å². The van der Waals surface area contributed by atoms with Crippen LogP contribution in [0, 0.1) is 5.82 Å². The van der Waals surface area contributed by atoms with E-state index in [-0.39, 0.29) is 23.5 Å². The van der Waals surface area contributed by atoms with Gasteiger partial charge in [0.25, 0.3) is 5.91 Å². The van der Waals surface area contributed by atoms with Gasteiger partial charge in [0.15, 0.2) is 0 Å². The number of hydrogen-bond donors (Lipinski definition) is 3. The van der Waals surface area contributed by atoms with Gasteiger partial charge in [0.1, 0.15) is 23.0 Å². The Morgan fingerprint density at radius 3 is 2.20 bits per heavy atom. The smallest absolute Gasteiger partial charge is 0.457 e. The molecule has 35 heavy (non-hydrogen) atoms. The molecule has 0 bridgehead atoms. The second kappa shape index (κ2) is 9.91. The number of ether oxygens (including phenoxy) is 1. The van der Waals surface area contributed by atoms with Gasteiger partial charge in [0.2, 0.25) is 0 Å². The zero-order valence-corrected chi connectivity index (χ0v) is 17.7. The van der Waals surface area contributed by atoms with Crippen LogP contribution in [0.1, 0.15) is 16.1 Å². The number of carbonyl (C=O) groups excluding carboxylic acids is 2. The second-order valence-electron chi connectivity index (χ2n) is 6.93. The summed E-state index contributed by atoms with van der Waals surface area (Å²) in [6.07, 6.45) is -4.52. The number of aromatic nitrogens is 1. The van der Waals surface area contributed by atoms with E-state index in [1.165, 1.54) is 49.6 Å². The number of urea groups is 1. The summed E-state index contributed by atoms with van der Waals surface area (Å²) in [5.41, 5.74) is -2.09. The van der Waals surface area contributed by atoms with Gasteiger partial charge >= 0.3 is 18.1 Å². The third-order valence-corrected chi connectivity index (χ3v) is 4.47.